The van der Waals surface area contributed by atoms with E-state index in [1.807, 2.05) is 4.90 Å². The molecule has 5 heteroatoms. The molecule has 1 rings (SSSR count). The van der Waals surface area contributed by atoms with Gasteiger partial charge in [-0.1, -0.05) is 26.7 Å². The number of hydrogen-bond acceptors (Lipinski definition) is 3. The van der Waals surface area contributed by atoms with Crippen molar-refractivity contribution in [3.63, 3.8) is 0 Å². The largest absolute Gasteiger partial charge is 0.375 e. The summed E-state index contributed by atoms with van der Waals surface area (Å²) in [6.07, 6.45) is 4.11. The molecule has 1 aliphatic heterocycles. The van der Waals surface area contributed by atoms with E-state index < -0.39 is 0 Å². The Morgan fingerprint density at radius 2 is 2.00 bits per heavy atom. The molecule has 1 atom stereocenters. The van der Waals surface area contributed by atoms with E-state index in [-0.39, 0.29) is 17.9 Å². The average Bonchev–Trinajstić information content (AvgIpc) is 2.44. The van der Waals surface area contributed by atoms with Crippen LogP contribution in [0.25, 0.3) is 0 Å². The zero-order valence-electron chi connectivity index (χ0n) is 13.9. The van der Waals surface area contributed by atoms with E-state index in [9.17, 15) is 9.59 Å². The molecule has 0 aromatic rings. The van der Waals surface area contributed by atoms with E-state index in [1.165, 1.54) is 11.3 Å². The molecule has 0 aromatic heterocycles. The fourth-order valence-electron chi connectivity index (χ4n) is 2.47. The van der Waals surface area contributed by atoms with Crippen molar-refractivity contribution in [1.29, 1.82) is 0 Å². The second-order valence-corrected chi connectivity index (χ2v) is 6.45. The average molecular weight is 298 g/mol. The molecule has 122 valence electrons. The van der Waals surface area contributed by atoms with E-state index in [2.05, 4.69) is 13.8 Å². The normalized spacial score (nSPS) is 18.9. The number of hydrogen-bond donors (Lipinski definition) is 0. The molecule has 1 saturated heterocycles. The molecule has 2 amide bonds. The third-order valence-electron chi connectivity index (χ3n) is 3.85. The van der Waals surface area contributed by atoms with Crippen molar-refractivity contribution >= 4 is 11.8 Å². The number of carbonyl (C=O) groups is 2. The van der Waals surface area contributed by atoms with Crippen LogP contribution < -0.4 is 0 Å². The van der Waals surface area contributed by atoms with E-state index >= 15 is 0 Å². The first-order valence-electron chi connectivity index (χ1n) is 7.99. The Balaban J connectivity index is 2.30. The van der Waals surface area contributed by atoms with E-state index in [0.29, 0.717) is 38.5 Å². The van der Waals surface area contributed by atoms with E-state index in [4.69, 9.17) is 4.74 Å². The van der Waals surface area contributed by atoms with Crippen molar-refractivity contribution in [2.24, 2.45) is 5.92 Å². The van der Waals surface area contributed by atoms with Gasteiger partial charge in [-0.15, -0.1) is 0 Å². The fraction of sp³-hybridized carbons (Fsp3) is 0.875. The van der Waals surface area contributed by atoms with Gasteiger partial charge in [-0.05, 0) is 12.3 Å². The first-order valence-corrected chi connectivity index (χ1v) is 7.99. The molecule has 0 spiro atoms. The van der Waals surface area contributed by atoms with Gasteiger partial charge in [0.15, 0.2) is 0 Å². The van der Waals surface area contributed by atoms with Gasteiger partial charge in [0.2, 0.25) is 11.8 Å². The van der Waals surface area contributed by atoms with Gasteiger partial charge in [0.1, 0.15) is 0 Å². The summed E-state index contributed by atoms with van der Waals surface area (Å²) in [6.45, 7) is 6.38. The topological polar surface area (TPSA) is 49.9 Å². The smallest absolute Gasteiger partial charge is 0.223 e. The lowest BCUT2D eigenvalue weighted by Gasteiger charge is -2.33. The van der Waals surface area contributed by atoms with Gasteiger partial charge in [-0.3, -0.25) is 9.59 Å². The quantitative estimate of drug-likeness (QED) is 0.721. The molecular weight excluding hydrogens is 268 g/mol. The van der Waals surface area contributed by atoms with Gasteiger partial charge < -0.3 is 14.5 Å². The summed E-state index contributed by atoms with van der Waals surface area (Å²) in [5.74, 6) is 0.788. The molecule has 1 heterocycles. The highest BCUT2D eigenvalue weighted by atomic mass is 16.5. The second kappa shape index (κ2) is 9.03. The Bertz CT molecular complexity index is 342. The molecular formula is C16H30N2O3. The minimum absolute atomic E-state index is 0.00472. The van der Waals surface area contributed by atoms with E-state index in [1.54, 1.807) is 14.1 Å². The summed E-state index contributed by atoms with van der Waals surface area (Å²) in [5.41, 5.74) is 0. The Hall–Kier alpha value is -1.10. The van der Waals surface area contributed by atoms with Crippen molar-refractivity contribution in [3.05, 3.63) is 0 Å². The lowest BCUT2D eigenvalue weighted by molar-refractivity contribution is -0.141. The molecule has 0 aliphatic carbocycles. The van der Waals surface area contributed by atoms with Gasteiger partial charge in [-0.25, -0.2) is 0 Å². The molecule has 5 nitrogen and oxygen atoms in total. The highest BCUT2D eigenvalue weighted by Crippen LogP contribution is 2.15. The minimum atomic E-state index is 0.00472. The van der Waals surface area contributed by atoms with Crippen molar-refractivity contribution < 1.29 is 14.3 Å². The van der Waals surface area contributed by atoms with Crippen molar-refractivity contribution in [2.45, 2.75) is 52.1 Å². The summed E-state index contributed by atoms with van der Waals surface area (Å²) in [6, 6.07) is 0. The van der Waals surface area contributed by atoms with Gasteiger partial charge in [-0.2, -0.15) is 0 Å². The Morgan fingerprint density at radius 1 is 1.29 bits per heavy atom. The predicted molar refractivity (Wildman–Crippen MR) is 82.9 cm³/mol. The van der Waals surface area contributed by atoms with Crippen LogP contribution in [0.5, 0.6) is 0 Å². The Labute approximate surface area is 128 Å². The summed E-state index contributed by atoms with van der Waals surface area (Å²) in [4.78, 5) is 27.1. The SMILES string of the molecule is CC(C)CCCC1CN(C(=O)CCC(=O)N(C)C)CCO1. The van der Waals surface area contributed by atoms with E-state index in [0.717, 1.165) is 12.8 Å². The summed E-state index contributed by atoms with van der Waals surface area (Å²) in [7, 11) is 3.43. The summed E-state index contributed by atoms with van der Waals surface area (Å²) < 4.78 is 5.73. The summed E-state index contributed by atoms with van der Waals surface area (Å²) >= 11 is 0. The van der Waals surface area contributed by atoms with Crippen molar-refractivity contribution in [2.75, 3.05) is 33.8 Å². The van der Waals surface area contributed by atoms with Gasteiger partial charge >= 0.3 is 0 Å². The number of rotatable bonds is 7. The van der Waals surface area contributed by atoms with Crippen LogP contribution in [0.3, 0.4) is 0 Å². The minimum Gasteiger partial charge on any atom is -0.375 e. The second-order valence-electron chi connectivity index (χ2n) is 6.45. The van der Waals surface area contributed by atoms with Gasteiger partial charge in [0.05, 0.1) is 12.7 Å². The zero-order chi connectivity index (χ0) is 15.8. The molecule has 1 fully saturated rings. The van der Waals surface area contributed by atoms with Crippen LogP contribution in [0.1, 0.15) is 46.0 Å². The first kappa shape index (κ1) is 18.0. The van der Waals surface area contributed by atoms with Crippen molar-refractivity contribution in [1.82, 2.24) is 9.80 Å². The molecule has 0 N–H and O–H groups in total. The van der Waals surface area contributed by atoms with Crippen LogP contribution in [0, 0.1) is 5.92 Å². The first-order chi connectivity index (χ1) is 9.90. The molecule has 0 bridgehead atoms. The zero-order valence-corrected chi connectivity index (χ0v) is 13.9. The Morgan fingerprint density at radius 3 is 2.62 bits per heavy atom. The van der Waals surface area contributed by atoms with Crippen LogP contribution in [-0.4, -0.2) is 61.5 Å². The van der Waals surface area contributed by atoms with Crippen LogP contribution in [-0.2, 0) is 14.3 Å². The van der Waals surface area contributed by atoms with Gasteiger partial charge in [0.25, 0.3) is 0 Å². The molecule has 21 heavy (non-hydrogen) atoms. The number of amides is 2. The highest BCUT2D eigenvalue weighted by Gasteiger charge is 2.24. The third kappa shape index (κ3) is 6.93. The maximum atomic E-state index is 12.2. The lowest BCUT2D eigenvalue weighted by Crippen LogP contribution is -2.45. The molecule has 1 aliphatic rings. The number of morpholine rings is 1. The lowest BCUT2D eigenvalue weighted by atomic mass is 10.0. The highest BCUT2D eigenvalue weighted by molar-refractivity contribution is 5.83. The van der Waals surface area contributed by atoms with Crippen LogP contribution in [0.2, 0.25) is 0 Å². The fourth-order valence-corrected chi connectivity index (χ4v) is 2.47. The monoisotopic (exact) mass is 298 g/mol. The molecule has 1 unspecified atom stereocenters. The number of ether oxygens (including phenoxy) is 1. The predicted octanol–water partition coefficient (Wildman–Crippen LogP) is 1.91. The maximum absolute atomic E-state index is 12.2. The van der Waals surface area contributed by atoms with Gasteiger partial charge in [0, 0.05) is 40.0 Å². The van der Waals surface area contributed by atoms with Crippen LogP contribution in [0.15, 0.2) is 0 Å². The van der Waals surface area contributed by atoms with Crippen LogP contribution in [0.4, 0.5) is 0 Å². The van der Waals surface area contributed by atoms with Crippen molar-refractivity contribution in [3.8, 4) is 0 Å². The summed E-state index contributed by atoms with van der Waals surface area (Å²) in [5, 5.41) is 0. The maximum Gasteiger partial charge on any atom is 0.223 e. The standard InChI is InChI=1S/C16H30N2O3/c1-13(2)6-5-7-14-12-18(10-11-21-14)16(20)9-8-15(19)17(3)4/h13-14H,5-12H2,1-4H3. The number of carbonyl (C=O) groups excluding carboxylic acids is 2. The number of nitrogens with zero attached hydrogens (tertiary/aromatic N) is 2. The molecule has 0 aromatic carbocycles. The molecule has 0 radical (unpaired) electrons. The molecule has 0 saturated carbocycles. The van der Waals surface area contributed by atoms with Crippen LogP contribution >= 0.6 is 0 Å². The Kier molecular flexibility index (Phi) is 7.72. The third-order valence-corrected chi connectivity index (χ3v) is 3.85.